The first kappa shape index (κ1) is 22.0. The summed E-state index contributed by atoms with van der Waals surface area (Å²) >= 11 is 6.84. The number of amides is 1. The van der Waals surface area contributed by atoms with Crippen molar-refractivity contribution in [2.75, 3.05) is 11.9 Å². The highest BCUT2D eigenvalue weighted by molar-refractivity contribution is 9.10. The van der Waals surface area contributed by atoms with Crippen LogP contribution in [0.4, 0.5) is 5.00 Å². The number of hydrogen-bond acceptors (Lipinski definition) is 5. The molecule has 0 atom stereocenters. The quantitative estimate of drug-likeness (QED) is 0.455. The molecule has 4 nitrogen and oxygen atoms in total. The van der Waals surface area contributed by atoms with E-state index >= 15 is 0 Å². The molecule has 1 amide bonds. The largest absolute Gasteiger partial charge is 0.317 e. The Balaban J connectivity index is 0.000000614. The molecule has 0 unspecified atom stereocenters. The summed E-state index contributed by atoms with van der Waals surface area (Å²) in [4.78, 5) is 17.7. The van der Waals surface area contributed by atoms with Crippen molar-refractivity contribution in [1.82, 2.24) is 10.3 Å². The van der Waals surface area contributed by atoms with Gasteiger partial charge in [0.2, 0.25) is 5.91 Å². The Bertz CT molecular complexity index is 917. The summed E-state index contributed by atoms with van der Waals surface area (Å²) < 4.78 is 2.19. The van der Waals surface area contributed by atoms with Gasteiger partial charge in [-0.25, -0.2) is 4.98 Å². The van der Waals surface area contributed by atoms with Crippen LogP contribution in [0.2, 0.25) is 0 Å². The normalized spacial score (nSPS) is 12.4. The minimum atomic E-state index is -0.0401. The number of anilines is 1. The average Bonchev–Trinajstić information content (AvgIpc) is 3.24. The summed E-state index contributed by atoms with van der Waals surface area (Å²) in [6, 6.07) is 6.15. The number of benzene rings is 1. The van der Waals surface area contributed by atoms with Crippen LogP contribution in [0.1, 0.15) is 45.1 Å². The summed E-state index contributed by atoms with van der Waals surface area (Å²) in [7, 11) is 0. The predicted molar refractivity (Wildman–Crippen MR) is 123 cm³/mol. The molecule has 0 saturated heterocycles. The zero-order valence-corrected chi connectivity index (χ0v) is 19.6. The van der Waals surface area contributed by atoms with E-state index in [2.05, 4.69) is 32.6 Å². The van der Waals surface area contributed by atoms with Gasteiger partial charge >= 0.3 is 0 Å². The lowest BCUT2D eigenvalue weighted by Gasteiger charge is -2.13. The fourth-order valence-electron chi connectivity index (χ4n) is 2.82. The van der Waals surface area contributed by atoms with Crippen LogP contribution in [0.3, 0.4) is 0 Å². The first-order valence-corrected chi connectivity index (χ1v) is 11.7. The third-order valence-corrected chi connectivity index (χ3v) is 6.48. The summed E-state index contributed by atoms with van der Waals surface area (Å²) in [6.07, 6.45) is 0.973. The van der Waals surface area contributed by atoms with E-state index in [1.165, 1.54) is 10.4 Å². The van der Waals surface area contributed by atoms with Gasteiger partial charge in [-0.3, -0.25) is 4.79 Å². The van der Waals surface area contributed by atoms with Crippen LogP contribution < -0.4 is 10.6 Å². The molecule has 4 rings (SSSR count). The molecule has 7 heteroatoms. The first-order chi connectivity index (χ1) is 13.1. The smallest absolute Gasteiger partial charge is 0.221 e. The van der Waals surface area contributed by atoms with Gasteiger partial charge in [-0.15, -0.1) is 22.7 Å². The summed E-state index contributed by atoms with van der Waals surface area (Å²) in [5, 5.41) is 8.30. The standard InChI is InChI=1S/C16H14BrN3OS2.2C2H6/c1-8(21)19-15-14(10-4-5-18-7-13(10)23-15)16-20-11-6-9(17)2-3-12(11)22-16;2*1-2/h2-3,6,18H,4-5,7H2,1H3,(H,19,21);2*1-2H3. The zero-order valence-electron chi connectivity index (χ0n) is 16.4. The van der Waals surface area contributed by atoms with Crippen molar-refractivity contribution < 1.29 is 4.79 Å². The Morgan fingerprint density at radius 3 is 2.67 bits per heavy atom. The second-order valence-electron chi connectivity index (χ2n) is 5.45. The van der Waals surface area contributed by atoms with Crippen LogP contribution in [0, 0.1) is 0 Å². The van der Waals surface area contributed by atoms with Crippen LogP contribution in [0.25, 0.3) is 20.8 Å². The van der Waals surface area contributed by atoms with Gasteiger partial charge in [0.1, 0.15) is 10.0 Å². The van der Waals surface area contributed by atoms with Gasteiger partial charge in [-0.1, -0.05) is 43.6 Å². The number of rotatable bonds is 2. The number of thiophene rings is 1. The lowest BCUT2D eigenvalue weighted by atomic mass is 10.0. The second kappa shape index (κ2) is 10.3. The van der Waals surface area contributed by atoms with Gasteiger partial charge in [0.25, 0.3) is 0 Å². The number of fused-ring (bicyclic) bond motifs is 2. The fraction of sp³-hybridized carbons (Fsp3) is 0.400. The number of halogens is 1. The number of nitrogens with zero attached hydrogens (tertiary/aromatic N) is 1. The molecule has 0 bridgehead atoms. The number of nitrogens with one attached hydrogen (secondary N) is 2. The lowest BCUT2D eigenvalue weighted by molar-refractivity contribution is -0.114. The molecule has 27 heavy (non-hydrogen) atoms. The highest BCUT2D eigenvalue weighted by Gasteiger charge is 2.24. The molecule has 0 spiro atoms. The molecule has 0 saturated carbocycles. The van der Waals surface area contributed by atoms with Crippen LogP contribution in [-0.2, 0) is 17.8 Å². The van der Waals surface area contributed by atoms with Crippen LogP contribution in [0.15, 0.2) is 22.7 Å². The molecule has 0 radical (unpaired) electrons. The molecule has 0 aliphatic carbocycles. The molecule has 3 aromatic rings. The lowest BCUT2D eigenvalue weighted by Crippen LogP contribution is -2.22. The van der Waals surface area contributed by atoms with Gasteiger partial charge in [0.05, 0.1) is 10.2 Å². The molecular weight excluding hydrogens is 442 g/mol. The minimum Gasteiger partial charge on any atom is -0.317 e. The molecular formula is C20H26BrN3OS2. The maximum absolute atomic E-state index is 11.6. The van der Waals surface area contributed by atoms with E-state index < -0.39 is 0 Å². The minimum absolute atomic E-state index is 0.0401. The summed E-state index contributed by atoms with van der Waals surface area (Å²) in [5.41, 5.74) is 3.43. The van der Waals surface area contributed by atoms with Crippen molar-refractivity contribution in [3.05, 3.63) is 33.1 Å². The van der Waals surface area contributed by atoms with Crippen LogP contribution in [-0.4, -0.2) is 17.4 Å². The topological polar surface area (TPSA) is 54.0 Å². The zero-order chi connectivity index (χ0) is 20.0. The number of aromatic nitrogens is 1. The Kier molecular flexibility index (Phi) is 8.41. The second-order valence-corrected chi connectivity index (χ2v) is 8.50. The number of carbonyl (C=O) groups is 1. The highest BCUT2D eigenvalue weighted by Crippen LogP contribution is 2.44. The van der Waals surface area contributed by atoms with E-state index in [0.717, 1.165) is 49.8 Å². The molecule has 1 aliphatic heterocycles. The number of thiazole rings is 1. The van der Waals surface area contributed by atoms with Crippen molar-refractivity contribution in [1.29, 1.82) is 0 Å². The van der Waals surface area contributed by atoms with E-state index in [0.29, 0.717) is 0 Å². The van der Waals surface area contributed by atoms with Crippen molar-refractivity contribution >= 4 is 59.7 Å². The molecule has 2 N–H and O–H groups in total. The molecule has 1 aromatic carbocycles. The van der Waals surface area contributed by atoms with E-state index in [-0.39, 0.29) is 5.91 Å². The first-order valence-electron chi connectivity index (χ1n) is 9.31. The van der Waals surface area contributed by atoms with E-state index in [9.17, 15) is 4.79 Å². The third kappa shape index (κ3) is 4.96. The Morgan fingerprint density at radius 1 is 1.22 bits per heavy atom. The average molecular weight is 468 g/mol. The van der Waals surface area contributed by atoms with Crippen molar-refractivity contribution in [2.45, 2.75) is 47.6 Å². The van der Waals surface area contributed by atoms with Gasteiger partial charge < -0.3 is 10.6 Å². The highest BCUT2D eigenvalue weighted by atomic mass is 79.9. The Labute approximate surface area is 177 Å². The SMILES string of the molecule is CC.CC.CC(=O)Nc1sc2c(c1-c1nc3cc(Br)ccc3s1)CCNC2. The van der Waals surface area contributed by atoms with Crippen LogP contribution >= 0.6 is 38.6 Å². The van der Waals surface area contributed by atoms with Gasteiger partial charge in [0, 0.05) is 28.4 Å². The van der Waals surface area contributed by atoms with Crippen molar-refractivity contribution in [3.63, 3.8) is 0 Å². The maximum atomic E-state index is 11.6. The Hall–Kier alpha value is -1.28. The monoisotopic (exact) mass is 467 g/mol. The van der Waals surface area contributed by atoms with Crippen molar-refractivity contribution in [3.8, 4) is 10.6 Å². The predicted octanol–water partition coefficient (Wildman–Crippen LogP) is 6.44. The summed E-state index contributed by atoms with van der Waals surface area (Å²) in [6.45, 7) is 11.4. The maximum Gasteiger partial charge on any atom is 0.221 e. The fourth-order valence-corrected chi connectivity index (χ4v) is 5.52. The molecule has 1 aliphatic rings. The van der Waals surface area contributed by atoms with E-state index in [1.54, 1.807) is 29.6 Å². The van der Waals surface area contributed by atoms with Gasteiger partial charge in [0.15, 0.2) is 0 Å². The molecule has 0 fully saturated rings. The molecule has 2 aromatic heterocycles. The summed E-state index contributed by atoms with van der Waals surface area (Å²) in [5.74, 6) is -0.0401. The number of hydrogen-bond donors (Lipinski definition) is 2. The van der Waals surface area contributed by atoms with Crippen LogP contribution in [0.5, 0.6) is 0 Å². The van der Waals surface area contributed by atoms with Crippen molar-refractivity contribution in [2.24, 2.45) is 0 Å². The van der Waals surface area contributed by atoms with Gasteiger partial charge in [-0.05, 0) is 36.7 Å². The van der Waals surface area contributed by atoms with E-state index in [4.69, 9.17) is 4.98 Å². The number of carbonyl (C=O) groups excluding carboxylic acids is 1. The molecule has 146 valence electrons. The van der Waals surface area contributed by atoms with Gasteiger partial charge in [-0.2, -0.15) is 0 Å². The van der Waals surface area contributed by atoms with E-state index in [1.807, 2.05) is 39.8 Å². The Morgan fingerprint density at radius 2 is 1.96 bits per heavy atom. The molecule has 3 heterocycles. The third-order valence-electron chi connectivity index (χ3n) is 3.78.